The van der Waals surface area contributed by atoms with Crippen molar-refractivity contribution in [1.82, 2.24) is 0 Å². The summed E-state index contributed by atoms with van der Waals surface area (Å²) in [5.41, 5.74) is -0.709. The van der Waals surface area contributed by atoms with Crippen LogP contribution in [-0.2, 0) is 4.74 Å². The van der Waals surface area contributed by atoms with Crippen LogP contribution in [0.1, 0.15) is 40.0 Å². The lowest BCUT2D eigenvalue weighted by Crippen LogP contribution is -2.63. The maximum Gasteiger partial charge on any atom is 0.111 e. The Morgan fingerprint density at radius 2 is 1.53 bits per heavy atom. The summed E-state index contributed by atoms with van der Waals surface area (Å²) in [6, 6.07) is 0. The molecule has 1 aliphatic heterocycles. The Bertz CT molecular complexity index is 201. The lowest BCUT2D eigenvalue weighted by atomic mass is 9.80. The molecule has 1 aliphatic rings. The predicted molar refractivity (Wildman–Crippen MR) is 56.5 cm³/mol. The number of hydrogen-bond acceptors (Lipinski definition) is 4. The van der Waals surface area contributed by atoms with Crippen molar-refractivity contribution in [2.45, 2.75) is 70.1 Å². The first kappa shape index (κ1) is 12.9. The van der Waals surface area contributed by atoms with Crippen molar-refractivity contribution in [1.29, 1.82) is 0 Å². The molecule has 90 valence electrons. The molecule has 4 nitrogen and oxygen atoms in total. The van der Waals surface area contributed by atoms with E-state index in [0.29, 0.717) is 19.3 Å². The predicted octanol–water partition coefficient (Wildman–Crippen LogP) is 0.437. The van der Waals surface area contributed by atoms with Gasteiger partial charge < -0.3 is 20.1 Å². The molecule has 0 aliphatic carbocycles. The van der Waals surface area contributed by atoms with Gasteiger partial charge in [-0.3, -0.25) is 0 Å². The second-order valence-corrected chi connectivity index (χ2v) is 4.26. The van der Waals surface area contributed by atoms with Gasteiger partial charge in [-0.05, 0) is 19.3 Å². The van der Waals surface area contributed by atoms with Crippen LogP contribution < -0.4 is 0 Å². The highest BCUT2D eigenvalue weighted by Gasteiger charge is 2.50. The number of hydrogen-bond donors (Lipinski definition) is 3. The summed E-state index contributed by atoms with van der Waals surface area (Å²) in [6.07, 6.45) is -1.60. The number of aliphatic hydroxyl groups excluding tert-OH is 3. The number of aliphatic hydroxyl groups is 3. The fourth-order valence-corrected chi connectivity index (χ4v) is 2.32. The summed E-state index contributed by atoms with van der Waals surface area (Å²) in [7, 11) is 0. The van der Waals surface area contributed by atoms with Gasteiger partial charge in [0.1, 0.15) is 18.3 Å². The van der Waals surface area contributed by atoms with Gasteiger partial charge >= 0.3 is 0 Å². The van der Waals surface area contributed by atoms with Gasteiger partial charge in [0.2, 0.25) is 0 Å². The highest BCUT2D eigenvalue weighted by atomic mass is 16.5. The van der Waals surface area contributed by atoms with Gasteiger partial charge in [-0.25, -0.2) is 0 Å². The first-order valence-corrected chi connectivity index (χ1v) is 5.74. The van der Waals surface area contributed by atoms with Crippen LogP contribution in [0.25, 0.3) is 0 Å². The maximum atomic E-state index is 9.94. The van der Waals surface area contributed by atoms with Crippen molar-refractivity contribution < 1.29 is 20.1 Å². The summed E-state index contributed by atoms with van der Waals surface area (Å²) < 4.78 is 5.76. The van der Waals surface area contributed by atoms with Crippen LogP contribution in [0.5, 0.6) is 0 Å². The SMILES string of the molecule is CCC1OC(CC)(CC)C(O)C(O)C1O. The number of rotatable bonds is 3. The molecule has 1 heterocycles. The summed E-state index contributed by atoms with van der Waals surface area (Å²) in [5.74, 6) is 0. The molecule has 3 N–H and O–H groups in total. The van der Waals surface area contributed by atoms with E-state index in [9.17, 15) is 15.3 Å². The van der Waals surface area contributed by atoms with Crippen LogP contribution >= 0.6 is 0 Å². The molecule has 4 unspecified atom stereocenters. The monoisotopic (exact) mass is 218 g/mol. The van der Waals surface area contributed by atoms with Crippen molar-refractivity contribution >= 4 is 0 Å². The molecule has 4 atom stereocenters. The zero-order valence-electron chi connectivity index (χ0n) is 9.68. The molecular formula is C11H22O4. The van der Waals surface area contributed by atoms with E-state index in [1.807, 2.05) is 20.8 Å². The fraction of sp³-hybridized carbons (Fsp3) is 1.00. The highest BCUT2D eigenvalue weighted by molar-refractivity contribution is 5.00. The van der Waals surface area contributed by atoms with E-state index in [1.54, 1.807) is 0 Å². The van der Waals surface area contributed by atoms with Gasteiger partial charge in [0, 0.05) is 0 Å². The van der Waals surface area contributed by atoms with E-state index in [1.165, 1.54) is 0 Å². The Balaban J connectivity index is 2.91. The average Bonchev–Trinajstić information content (AvgIpc) is 2.27. The van der Waals surface area contributed by atoms with Crippen LogP contribution in [0.3, 0.4) is 0 Å². The minimum atomic E-state index is -1.11. The van der Waals surface area contributed by atoms with Crippen LogP contribution in [0.2, 0.25) is 0 Å². The molecule has 0 saturated carbocycles. The Hall–Kier alpha value is -0.160. The first-order valence-electron chi connectivity index (χ1n) is 5.74. The molecule has 0 amide bonds. The van der Waals surface area contributed by atoms with Crippen LogP contribution in [0.15, 0.2) is 0 Å². The van der Waals surface area contributed by atoms with E-state index < -0.39 is 23.9 Å². The van der Waals surface area contributed by atoms with Crippen molar-refractivity contribution in [3.63, 3.8) is 0 Å². The number of ether oxygens (including phenoxy) is 1. The van der Waals surface area contributed by atoms with Crippen LogP contribution in [0.4, 0.5) is 0 Å². The lowest BCUT2D eigenvalue weighted by molar-refractivity contribution is -0.270. The zero-order chi connectivity index (χ0) is 11.6. The van der Waals surface area contributed by atoms with Gasteiger partial charge in [-0.15, -0.1) is 0 Å². The Kier molecular flexibility index (Phi) is 4.12. The molecule has 1 fully saturated rings. The molecule has 4 heteroatoms. The van der Waals surface area contributed by atoms with Gasteiger partial charge in [-0.2, -0.15) is 0 Å². The van der Waals surface area contributed by atoms with E-state index in [-0.39, 0.29) is 6.10 Å². The zero-order valence-corrected chi connectivity index (χ0v) is 9.68. The molecule has 0 aromatic carbocycles. The van der Waals surface area contributed by atoms with Gasteiger partial charge in [-0.1, -0.05) is 20.8 Å². The second-order valence-electron chi connectivity index (χ2n) is 4.26. The van der Waals surface area contributed by atoms with Crippen LogP contribution in [-0.4, -0.2) is 45.3 Å². The van der Waals surface area contributed by atoms with Gasteiger partial charge in [0.05, 0.1) is 11.7 Å². The molecule has 0 bridgehead atoms. The topological polar surface area (TPSA) is 69.9 Å². The van der Waals surface area contributed by atoms with Crippen molar-refractivity contribution in [2.24, 2.45) is 0 Å². The van der Waals surface area contributed by atoms with E-state index >= 15 is 0 Å². The molecule has 0 aromatic heterocycles. The largest absolute Gasteiger partial charge is 0.388 e. The smallest absolute Gasteiger partial charge is 0.111 e. The van der Waals surface area contributed by atoms with Gasteiger partial charge in [0.25, 0.3) is 0 Å². The Labute approximate surface area is 90.9 Å². The normalized spacial score (nSPS) is 40.4. The minimum Gasteiger partial charge on any atom is -0.388 e. The van der Waals surface area contributed by atoms with E-state index in [0.717, 1.165) is 0 Å². The Morgan fingerprint density at radius 1 is 1.00 bits per heavy atom. The summed E-state index contributed by atoms with van der Waals surface area (Å²) in [4.78, 5) is 0. The third-order valence-electron chi connectivity index (χ3n) is 3.58. The molecule has 0 spiro atoms. The van der Waals surface area contributed by atoms with Crippen molar-refractivity contribution in [3.05, 3.63) is 0 Å². The van der Waals surface area contributed by atoms with Crippen molar-refractivity contribution in [2.75, 3.05) is 0 Å². The third kappa shape index (κ3) is 2.04. The molecular weight excluding hydrogens is 196 g/mol. The second kappa shape index (κ2) is 4.78. The highest BCUT2D eigenvalue weighted by Crippen LogP contribution is 2.36. The minimum absolute atomic E-state index is 0.386. The molecule has 15 heavy (non-hydrogen) atoms. The van der Waals surface area contributed by atoms with Gasteiger partial charge in [0.15, 0.2) is 0 Å². The summed E-state index contributed by atoms with van der Waals surface area (Å²) >= 11 is 0. The molecule has 1 rings (SSSR count). The van der Waals surface area contributed by atoms with E-state index in [2.05, 4.69) is 0 Å². The molecule has 1 saturated heterocycles. The molecule has 0 radical (unpaired) electrons. The lowest BCUT2D eigenvalue weighted by Gasteiger charge is -2.48. The maximum absolute atomic E-state index is 9.94. The average molecular weight is 218 g/mol. The fourth-order valence-electron chi connectivity index (χ4n) is 2.32. The third-order valence-corrected chi connectivity index (χ3v) is 3.58. The first-order chi connectivity index (χ1) is 7.02. The standard InChI is InChI=1S/C11H22O4/c1-4-7-8(12)9(13)10(14)11(5-2,6-3)15-7/h7-10,12-14H,4-6H2,1-3H3. The van der Waals surface area contributed by atoms with Crippen LogP contribution in [0, 0.1) is 0 Å². The van der Waals surface area contributed by atoms with Crippen molar-refractivity contribution in [3.8, 4) is 0 Å². The molecule has 0 aromatic rings. The van der Waals surface area contributed by atoms with E-state index in [4.69, 9.17) is 4.74 Å². The quantitative estimate of drug-likeness (QED) is 0.643. The Morgan fingerprint density at radius 3 is 1.93 bits per heavy atom. The summed E-state index contributed by atoms with van der Waals surface area (Å²) in [6.45, 7) is 5.74. The summed E-state index contributed by atoms with van der Waals surface area (Å²) in [5, 5.41) is 29.4.